The Morgan fingerprint density at radius 1 is 1.09 bits per heavy atom. The summed E-state index contributed by atoms with van der Waals surface area (Å²) in [6.45, 7) is 6.42. The second-order valence-electron chi connectivity index (χ2n) is 8.96. The number of halogens is 1. The lowest BCUT2D eigenvalue weighted by Crippen LogP contribution is -2.54. The van der Waals surface area contributed by atoms with Gasteiger partial charge in [-0.05, 0) is 36.4 Å². The smallest absolute Gasteiger partial charge is 0.257 e. The summed E-state index contributed by atoms with van der Waals surface area (Å²) in [6, 6.07) is 13.1. The molecule has 0 bridgehead atoms. The van der Waals surface area contributed by atoms with Crippen LogP contribution >= 0.6 is 0 Å². The van der Waals surface area contributed by atoms with Gasteiger partial charge in [0.15, 0.2) is 0 Å². The van der Waals surface area contributed by atoms with E-state index in [1.165, 1.54) is 12.1 Å². The molecule has 8 nitrogen and oxygen atoms in total. The second kappa shape index (κ2) is 12.3. The van der Waals surface area contributed by atoms with Crippen LogP contribution in [0.5, 0.6) is 11.5 Å². The highest BCUT2D eigenvalue weighted by Crippen LogP contribution is 2.20. The van der Waals surface area contributed by atoms with Crippen molar-refractivity contribution in [2.24, 2.45) is 0 Å². The molecule has 35 heavy (non-hydrogen) atoms. The maximum Gasteiger partial charge on any atom is 0.257 e. The van der Waals surface area contributed by atoms with Crippen molar-refractivity contribution >= 4 is 5.91 Å². The maximum absolute atomic E-state index is 13.0. The van der Waals surface area contributed by atoms with Gasteiger partial charge < -0.3 is 24.2 Å². The standard InChI is InChI=1S/C26H34FN3O5/c1-33-25-5-3-2-4-24(25)26(32)30-12-10-28(11-13-30)17-23-18-29(14-15-34-23)16-21(31)19-35-22-8-6-20(27)7-9-22/h2-9,21,23,31H,10-19H2,1H3. The number of aliphatic hydroxyl groups excluding tert-OH is 1. The Morgan fingerprint density at radius 2 is 1.83 bits per heavy atom. The van der Waals surface area contributed by atoms with Gasteiger partial charge in [-0.1, -0.05) is 12.1 Å². The van der Waals surface area contributed by atoms with Gasteiger partial charge in [-0.3, -0.25) is 14.6 Å². The number of piperazine rings is 1. The lowest BCUT2D eigenvalue weighted by atomic mass is 10.1. The van der Waals surface area contributed by atoms with Crippen LogP contribution in [0.25, 0.3) is 0 Å². The van der Waals surface area contributed by atoms with Gasteiger partial charge in [-0.15, -0.1) is 0 Å². The van der Waals surface area contributed by atoms with E-state index in [-0.39, 0.29) is 24.4 Å². The van der Waals surface area contributed by atoms with Gasteiger partial charge in [0.1, 0.15) is 30.0 Å². The summed E-state index contributed by atoms with van der Waals surface area (Å²) in [4.78, 5) is 19.3. The third-order valence-electron chi connectivity index (χ3n) is 6.41. The minimum Gasteiger partial charge on any atom is -0.496 e. The molecular weight excluding hydrogens is 453 g/mol. The van der Waals surface area contributed by atoms with Crippen molar-refractivity contribution in [2.45, 2.75) is 12.2 Å². The Kier molecular flexibility index (Phi) is 8.92. The molecule has 0 spiro atoms. The van der Waals surface area contributed by atoms with Crippen LogP contribution in [0.1, 0.15) is 10.4 Å². The number of morpholine rings is 1. The molecule has 2 saturated heterocycles. The lowest BCUT2D eigenvalue weighted by molar-refractivity contribution is -0.0591. The van der Waals surface area contributed by atoms with E-state index in [1.54, 1.807) is 25.3 Å². The highest BCUT2D eigenvalue weighted by atomic mass is 19.1. The van der Waals surface area contributed by atoms with Crippen molar-refractivity contribution < 1.29 is 28.5 Å². The number of ether oxygens (including phenoxy) is 3. The van der Waals surface area contributed by atoms with Crippen LogP contribution in [0.3, 0.4) is 0 Å². The monoisotopic (exact) mass is 487 g/mol. The molecule has 190 valence electrons. The molecule has 0 aromatic heterocycles. The average molecular weight is 488 g/mol. The van der Waals surface area contributed by atoms with Crippen molar-refractivity contribution in [3.63, 3.8) is 0 Å². The van der Waals surface area contributed by atoms with Gasteiger partial charge >= 0.3 is 0 Å². The van der Waals surface area contributed by atoms with Crippen molar-refractivity contribution in [3.8, 4) is 11.5 Å². The van der Waals surface area contributed by atoms with E-state index in [9.17, 15) is 14.3 Å². The quantitative estimate of drug-likeness (QED) is 0.578. The van der Waals surface area contributed by atoms with Crippen LogP contribution in [0, 0.1) is 5.82 Å². The van der Waals surface area contributed by atoms with Crippen LogP contribution in [-0.4, -0.2) is 111 Å². The maximum atomic E-state index is 13.0. The summed E-state index contributed by atoms with van der Waals surface area (Å²) in [7, 11) is 1.58. The molecule has 2 heterocycles. The van der Waals surface area contributed by atoms with Gasteiger partial charge in [0.05, 0.1) is 25.4 Å². The van der Waals surface area contributed by atoms with Crippen molar-refractivity contribution in [1.82, 2.24) is 14.7 Å². The van der Waals surface area contributed by atoms with Gasteiger partial charge in [-0.25, -0.2) is 4.39 Å². The summed E-state index contributed by atoms with van der Waals surface area (Å²) in [5, 5.41) is 10.4. The first-order chi connectivity index (χ1) is 17.0. The average Bonchev–Trinajstić information content (AvgIpc) is 2.88. The minimum atomic E-state index is -0.650. The molecule has 9 heteroatoms. The fourth-order valence-corrected chi connectivity index (χ4v) is 4.54. The first-order valence-corrected chi connectivity index (χ1v) is 12.1. The number of carbonyl (C=O) groups excluding carboxylic acids is 1. The third kappa shape index (κ3) is 7.14. The zero-order valence-electron chi connectivity index (χ0n) is 20.1. The molecule has 2 aromatic carbocycles. The number of benzene rings is 2. The number of para-hydroxylation sites is 1. The summed E-state index contributed by atoms with van der Waals surface area (Å²) < 4.78 is 29.9. The van der Waals surface area contributed by atoms with Gasteiger partial charge in [0, 0.05) is 52.4 Å². The highest BCUT2D eigenvalue weighted by molar-refractivity contribution is 5.97. The predicted molar refractivity (Wildman–Crippen MR) is 129 cm³/mol. The van der Waals surface area contributed by atoms with E-state index in [0.717, 1.165) is 32.7 Å². The van der Waals surface area contributed by atoms with Crippen LogP contribution in [-0.2, 0) is 4.74 Å². The van der Waals surface area contributed by atoms with Crippen LogP contribution in [0.15, 0.2) is 48.5 Å². The van der Waals surface area contributed by atoms with E-state index in [1.807, 2.05) is 23.1 Å². The number of hydrogen-bond donors (Lipinski definition) is 1. The van der Waals surface area contributed by atoms with E-state index in [4.69, 9.17) is 14.2 Å². The van der Waals surface area contributed by atoms with Crippen molar-refractivity contribution in [3.05, 3.63) is 59.9 Å². The molecule has 2 unspecified atom stereocenters. The van der Waals surface area contributed by atoms with Crippen LogP contribution in [0.4, 0.5) is 4.39 Å². The number of rotatable bonds is 9. The van der Waals surface area contributed by atoms with Crippen molar-refractivity contribution in [1.29, 1.82) is 0 Å². The molecule has 2 aliphatic heterocycles. The normalized spacial score (nSPS) is 20.4. The summed E-state index contributed by atoms with van der Waals surface area (Å²) >= 11 is 0. The molecule has 1 amide bonds. The van der Waals surface area contributed by atoms with E-state index in [0.29, 0.717) is 43.3 Å². The molecule has 2 atom stereocenters. The Balaban J connectivity index is 1.19. The topological polar surface area (TPSA) is 74.7 Å². The number of hydrogen-bond acceptors (Lipinski definition) is 7. The minimum absolute atomic E-state index is 0.000893. The zero-order chi connectivity index (χ0) is 24.6. The van der Waals surface area contributed by atoms with Crippen LogP contribution in [0.2, 0.25) is 0 Å². The van der Waals surface area contributed by atoms with Gasteiger partial charge in [-0.2, -0.15) is 0 Å². The Morgan fingerprint density at radius 3 is 2.57 bits per heavy atom. The SMILES string of the molecule is COc1ccccc1C(=O)N1CCN(CC2CN(CC(O)COc3ccc(F)cc3)CCO2)CC1. The van der Waals surface area contributed by atoms with E-state index >= 15 is 0 Å². The predicted octanol–water partition coefficient (Wildman–Crippen LogP) is 1.73. The highest BCUT2D eigenvalue weighted by Gasteiger charge is 2.28. The summed E-state index contributed by atoms with van der Waals surface area (Å²) in [6.07, 6.45) is -0.603. The molecule has 4 rings (SSSR count). The van der Waals surface area contributed by atoms with Crippen molar-refractivity contribution in [2.75, 3.05) is 72.7 Å². The molecule has 2 fully saturated rings. The molecule has 2 aliphatic rings. The fourth-order valence-electron chi connectivity index (χ4n) is 4.54. The van der Waals surface area contributed by atoms with Gasteiger partial charge in [0.25, 0.3) is 5.91 Å². The third-order valence-corrected chi connectivity index (χ3v) is 6.41. The molecule has 0 radical (unpaired) electrons. The van der Waals surface area contributed by atoms with Gasteiger partial charge in [0.2, 0.25) is 0 Å². The molecule has 0 aliphatic carbocycles. The number of nitrogens with zero attached hydrogens (tertiary/aromatic N) is 3. The lowest BCUT2D eigenvalue weighted by Gasteiger charge is -2.39. The second-order valence-corrected chi connectivity index (χ2v) is 8.96. The Labute approximate surface area is 205 Å². The number of amides is 1. The molecule has 2 aromatic rings. The Bertz CT molecular complexity index is 952. The number of β-amino-alcohol motifs (C(OH)–C–C–N with tert-alkyl or cyclic N) is 1. The molecule has 1 N–H and O–H groups in total. The number of methoxy groups -OCH3 is 1. The fraction of sp³-hybridized carbons (Fsp3) is 0.500. The molecule has 0 saturated carbocycles. The number of aliphatic hydroxyl groups is 1. The molecular formula is C26H34FN3O5. The van der Waals surface area contributed by atoms with E-state index in [2.05, 4.69) is 9.80 Å². The number of carbonyl (C=O) groups is 1. The van der Waals surface area contributed by atoms with Crippen LogP contribution < -0.4 is 9.47 Å². The summed E-state index contributed by atoms with van der Waals surface area (Å²) in [5.41, 5.74) is 0.594. The van der Waals surface area contributed by atoms with E-state index < -0.39 is 6.10 Å². The first-order valence-electron chi connectivity index (χ1n) is 12.1. The Hall–Kier alpha value is -2.72. The summed E-state index contributed by atoms with van der Waals surface area (Å²) in [5.74, 6) is 0.815. The first kappa shape index (κ1) is 25.4. The zero-order valence-corrected chi connectivity index (χ0v) is 20.1. The largest absolute Gasteiger partial charge is 0.496 e.